The Bertz CT molecular complexity index is 3590. The zero-order chi connectivity index (χ0) is 91.1. The van der Waals surface area contributed by atoms with E-state index in [0.29, 0.717) is 199 Å². The van der Waals surface area contributed by atoms with Crippen LogP contribution in [0.3, 0.4) is 0 Å². The molecule has 2 N–H and O–H groups in total. The van der Waals surface area contributed by atoms with E-state index < -0.39 is 0 Å². The first kappa shape index (κ1) is 108. The zero-order valence-corrected chi connectivity index (χ0v) is 75.6. The third-order valence-corrected chi connectivity index (χ3v) is 23.5. The van der Waals surface area contributed by atoms with Crippen molar-refractivity contribution in [3.63, 3.8) is 0 Å². The number of aliphatic hydroxyl groups excluding tert-OH is 2. The van der Waals surface area contributed by atoms with Gasteiger partial charge < -0.3 is 48.1 Å². The van der Waals surface area contributed by atoms with Gasteiger partial charge in [-0.2, -0.15) is 0 Å². The number of cyclic esters (lactones) is 7. The maximum atomic E-state index is 11.1. The van der Waals surface area contributed by atoms with E-state index in [0.717, 1.165) is 148 Å². The van der Waals surface area contributed by atoms with Gasteiger partial charge in [-0.3, -0.25) is 57.5 Å². The van der Waals surface area contributed by atoms with Gasteiger partial charge in [0.2, 0.25) is 0 Å². The Kier molecular flexibility index (Phi) is 54.1. The molecule has 0 radical (unpaired) electrons. The maximum Gasteiger partial charge on any atom is 0.311 e. The summed E-state index contributed by atoms with van der Waals surface area (Å²) in [4.78, 5) is 148. The van der Waals surface area contributed by atoms with E-state index in [-0.39, 0.29) is 96.3 Å². The van der Waals surface area contributed by atoms with Crippen molar-refractivity contribution in [1.29, 1.82) is 0 Å². The van der Waals surface area contributed by atoms with E-state index in [2.05, 4.69) is 53.8 Å². The van der Waals surface area contributed by atoms with Gasteiger partial charge in [-0.25, -0.2) is 9.59 Å². The van der Waals surface area contributed by atoms with Crippen LogP contribution in [0, 0.1) is 60.2 Å². The molecule has 7 saturated carbocycles. The summed E-state index contributed by atoms with van der Waals surface area (Å²) < 4.78 is 38.8. The van der Waals surface area contributed by atoms with Gasteiger partial charge in [0.05, 0.1) is 82.9 Å². The minimum absolute atomic E-state index is 0.0116. The third kappa shape index (κ3) is 47.5. The molecule has 17 rings (SSSR count). The fourth-order valence-electron chi connectivity index (χ4n) is 15.0. The Labute approximate surface area is 737 Å². The highest BCUT2D eigenvalue weighted by atomic mass is 16.6. The number of ether oxygens (including phenoxy) is 8. The summed E-state index contributed by atoms with van der Waals surface area (Å²) in [6, 6.07) is 20.1. The van der Waals surface area contributed by atoms with Crippen molar-refractivity contribution in [2.45, 2.75) is 329 Å². The molecule has 7 heterocycles. The van der Waals surface area contributed by atoms with Gasteiger partial charge >= 0.3 is 53.4 Å². The van der Waals surface area contributed by atoms with E-state index in [1.165, 1.54) is 28.7 Å². The molecule has 12 unspecified atom stereocenters. The van der Waals surface area contributed by atoms with Gasteiger partial charge in [0.15, 0.2) is 6.42 Å². The average molecular weight is 1730 g/mol. The summed E-state index contributed by atoms with van der Waals surface area (Å²) >= 11 is 0. The maximum absolute atomic E-state index is 11.1. The predicted molar refractivity (Wildman–Crippen MR) is 471 cm³/mol. The molecule has 24 nitrogen and oxygen atoms in total. The lowest BCUT2D eigenvalue weighted by Gasteiger charge is -2.27. The summed E-state index contributed by atoms with van der Waals surface area (Å²) in [6.07, 6.45) is 39.5. The minimum atomic E-state index is -0.201. The summed E-state index contributed by atoms with van der Waals surface area (Å²) in [5.41, 5.74) is 4.86. The van der Waals surface area contributed by atoms with Crippen molar-refractivity contribution < 1.29 is 115 Å². The molecule has 14 fully saturated rings. The molecule has 2 aromatic rings. The summed E-state index contributed by atoms with van der Waals surface area (Å²) in [6.45, 7) is 27.6. The summed E-state index contributed by atoms with van der Waals surface area (Å²) in [5.74, 6) is 6.24. The number of fused-ring (bicyclic) bond motifs is 1. The van der Waals surface area contributed by atoms with Crippen LogP contribution in [-0.4, -0.2) is 163 Å². The van der Waals surface area contributed by atoms with E-state index in [4.69, 9.17) is 38.6 Å². The Morgan fingerprint density at radius 2 is 1.04 bits per heavy atom. The number of esters is 7. The van der Waals surface area contributed by atoms with Gasteiger partial charge in [-0.15, -0.1) is 0 Å². The fourth-order valence-corrected chi connectivity index (χ4v) is 15.0. The number of Topliss-reactive ketones (excluding diaryl/α,β-unsaturated/α-hetero) is 7. The molecule has 2 aromatic carbocycles. The summed E-state index contributed by atoms with van der Waals surface area (Å²) in [5, 5.41) is 17.3. The van der Waals surface area contributed by atoms with Crippen molar-refractivity contribution >= 4 is 82.3 Å². The van der Waals surface area contributed by atoms with Crippen molar-refractivity contribution in [1.82, 2.24) is 0 Å². The largest absolute Gasteiger partial charge is 0.466 e. The van der Waals surface area contributed by atoms with Gasteiger partial charge in [0, 0.05) is 125 Å². The van der Waals surface area contributed by atoms with Crippen LogP contribution in [0.2, 0.25) is 0 Å². The first-order valence-corrected chi connectivity index (χ1v) is 45.8. The number of benzene rings is 2. The van der Waals surface area contributed by atoms with Crippen molar-refractivity contribution in [2.24, 2.45) is 47.3 Å². The highest BCUT2D eigenvalue weighted by Crippen LogP contribution is 2.39. The minimum Gasteiger partial charge on any atom is -0.466 e. The molecule has 15 aliphatic rings. The highest BCUT2D eigenvalue weighted by Gasteiger charge is 2.41. The van der Waals surface area contributed by atoms with Crippen LogP contribution in [0.4, 0.5) is 0 Å². The van der Waals surface area contributed by atoms with Crippen LogP contribution in [0.1, 0.15) is 316 Å². The SMILES string of the molecule is C=C(C)C1CCC(=O)C(C)C1.C=C(C)C1CCOC(=O)CC1.CC1CCCCC(=O)O1.CC1CCCCC1=O.CC1CCCCOC1=O.CC1COC(=O)C1.CCOC1CC(=O)C1.O=C1CC(c2ccccc2)CO1.O=C1CC2C=CCC12.O=C1CCC(CCO)O1.O=C1CCC(O)CC1.O=C1CCCCO1.O=C1[CH+]C(c2ccccc2)C1.O=C1[CH+]CCC1. The van der Waals surface area contributed by atoms with Gasteiger partial charge in [0.1, 0.15) is 53.8 Å². The first-order chi connectivity index (χ1) is 59.3. The molecule has 24 heteroatoms. The topological polar surface area (TPSA) is 353 Å². The van der Waals surface area contributed by atoms with Crippen LogP contribution >= 0.6 is 0 Å². The number of hydrogen-bond acceptors (Lipinski definition) is 24. The van der Waals surface area contributed by atoms with Crippen LogP contribution in [-0.2, 0) is 105 Å². The molecule has 0 bridgehead atoms. The third-order valence-electron chi connectivity index (χ3n) is 23.5. The molecule has 8 aliphatic carbocycles. The predicted octanol–water partition coefficient (Wildman–Crippen LogP) is 17.4. The molecular weight excluding hydrogens is 1590 g/mol. The van der Waals surface area contributed by atoms with Crippen molar-refractivity contribution in [3.8, 4) is 0 Å². The lowest BCUT2D eigenvalue weighted by molar-refractivity contribution is -0.147. The second kappa shape index (κ2) is 62.4. The normalized spacial score (nSPS) is 26.9. The molecule has 12 atom stereocenters. The molecule has 7 saturated heterocycles. The van der Waals surface area contributed by atoms with Crippen LogP contribution in [0.25, 0.3) is 0 Å². The molecule has 0 spiro atoms. The lowest BCUT2D eigenvalue weighted by Crippen LogP contribution is -2.32. The Morgan fingerprint density at radius 1 is 0.476 bits per heavy atom. The van der Waals surface area contributed by atoms with Crippen LogP contribution < -0.4 is 0 Å². The first-order valence-electron chi connectivity index (χ1n) is 45.8. The van der Waals surface area contributed by atoms with E-state index >= 15 is 0 Å². The van der Waals surface area contributed by atoms with Gasteiger partial charge in [0.25, 0.3) is 0 Å². The highest BCUT2D eigenvalue weighted by molar-refractivity contribution is 5.96. The Hall–Kier alpha value is -8.74. The van der Waals surface area contributed by atoms with Gasteiger partial charge in [-0.1, -0.05) is 131 Å². The number of carbonyl (C=O) groups is 14. The second-order valence-corrected chi connectivity index (χ2v) is 34.6. The number of aliphatic hydroxyl groups is 2. The Morgan fingerprint density at radius 3 is 1.51 bits per heavy atom. The van der Waals surface area contributed by atoms with E-state index in [9.17, 15) is 67.1 Å². The molecular formula is C100H146O24+2. The number of allylic oxidation sites excluding steroid dienone is 4. The van der Waals surface area contributed by atoms with Crippen LogP contribution in [0.5, 0.6) is 0 Å². The monoisotopic (exact) mass is 1730 g/mol. The molecule has 0 aromatic heterocycles. The Balaban J connectivity index is 0.000000281. The number of ketones is 7. The molecule has 688 valence electrons. The zero-order valence-electron chi connectivity index (χ0n) is 75.6. The molecule has 124 heavy (non-hydrogen) atoms. The van der Waals surface area contributed by atoms with Crippen LogP contribution in [0.15, 0.2) is 97.1 Å². The van der Waals surface area contributed by atoms with Crippen molar-refractivity contribution in [3.05, 3.63) is 121 Å². The molecule has 7 aliphatic heterocycles. The smallest absolute Gasteiger partial charge is 0.311 e. The van der Waals surface area contributed by atoms with Gasteiger partial charge in [-0.05, 0) is 173 Å². The fraction of sp³-hybridized carbons (Fsp3) is 0.660. The average Bonchev–Trinajstić information content (AvgIpc) is 1.65. The van der Waals surface area contributed by atoms with E-state index in [1.54, 1.807) is 12.8 Å². The molecule has 0 amide bonds. The lowest BCUT2D eigenvalue weighted by atomic mass is 9.75. The van der Waals surface area contributed by atoms with Crippen molar-refractivity contribution in [2.75, 3.05) is 46.2 Å². The van der Waals surface area contributed by atoms with E-state index in [1.807, 2.05) is 97.0 Å². The standard InChI is InChI=1S/C10H10O2.C10H9O.C10H16O.C9H14O2.2C7H12O2.C7H8O.C7H12O.C6H10O3.2C6H10O2.2C5H8O2.C5H7O/c11-10-6-9(7-12-10)8-4-2-1-3-5-8;11-10-6-9(7-10)8-4-2-1-3-5-8;1-7(2)9-4-5-10(11)8(3)6-9;1-7(2)8-3-4-9(10)11-6-5-8;1-6-4-2-3-5-9-7(6)8;1-6-4-2-3-5-7(8)9-6;8-7-4-5-2-1-3-6(5)7;1-6-4-2-3-5-7(6)8;7-4-3-5-1-2-6(8)9-5;1-2-8-6-3-5(7)4-6;7-5-1-2-6(8)4-3-5;1-4-2-5(6)7-3-4;6-5-3-1-2-4-7-5;6-5-3-1-2-4-5/h1-5,9H,6-7H2;1-6,9H,7H2;8-9H,1,4-6H2,2-3H3;8H,1,3-6H2,2H3;2*6H,2-5H2,1H3;1-2,5-6H,3-4H2;6H,2-5H2,1H3;5,7H,1-4H2;6H,2-4H2,1H3;5,7H,1-4H2;4H,2-3H2,1H3;1-4H2;3H,1-2,4H2/q;+1;;;;;;;;;;;;+1. The second-order valence-electron chi connectivity index (χ2n) is 34.6. The quantitative estimate of drug-likeness (QED) is 0.107. The summed E-state index contributed by atoms with van der Waals surface area (Å²) in [7, 11) is 0. The number of hydrogen-bond donors (Lipinski definition) is 2. The number of carbonyl (C=O) groups excluding carboxylic acids is 14. The number of rotatable bonds is 8.